The van der Waals surface area contributed by atoms with Crippen LogP contribution in [0.25, 0.3) is 0 Å². The summed E-state index contributed by atoms with van der Waals surface area (Å²) in [7, 11) is 3.09. The second kappa shape index (κ2) is 10.2. The zero-order valence-corrected chi connectivity index (χ0v) is 18.4. The molecule has 0 aromatic heterocycles. The predicted molar refractivity (Wildman–Crippen MR) is 115 cm³/mol. The highest BCUT2D eigenvalue weighted by Gasteiger charge is 2.57. The van der Waals surface area contributed by atoms with E-state index < -0.39 is 30.1 Å². The van der Waals surface area contributed by atoms with E-state index in [1.54, 1.807) is 50.5 Å². The molecule has 2 rings (SSSR count). The molecule has 0 aliphatic heterocycles. The third kappa shape index (κ3) is 5.77. The van der Waals surface area contributed by atoms with E-state index in [0.717, 1.165) is 6.54 Å². The van der Waals surface area contributed by atoms with Crippen LogP contribution in [0.3, 0.4) is 0 Å². The van der Waals surface area contributed by atoms with Gasteiger partial charge in [0.2, 0.25) is 5.60 Å². The number of alkyl halides is 3. The Labute approximate surface area is 181 Å². The molecule has 0 aliphatic rings. The lowest BCUT2D eigenvalue weighted by atomic mass is 9.91. The molecule has 31 heavy (non-hydrogen) atoms. The minimum atomic E-state index is -4.99. The van der Waals surface area contributed by atoms with E-state index >= 15 is 0 Å². The van der Waals surface area contributed by atoms with Gasteiger partial charge >= 0.3 is 6.18 Å². The van der Waals surface area contributed by atoms with Crippen LogP contribution in [0.4, 0.5) is 18.9 Å². The maximum Gasteiger partial charge on any atom is 0.423 e. The summed E-state index contributed by atoms with van der Waals surface area (Å²) in [5, 5.41) is 10.8. The molecule has 0 spiro atoms. The number of ether oxygens (including phenoxy) is 2. The van der Waals surface area contributed by atoms with Crippen LogP contribution in [-0.2, 0) is 10.3 Å². The third-order valence-electron chi connectivity index (χ3n) is 5.14. The number of aliphatic imine (C=N–C) groups is 1. The minimum absolute atomic E-state index is 0.118. The first-order chi connectivity index (χ1) is 14.5. The largest absolute Gasteiger partial charge is 0.496 e. The van der Waals surface area contributed by atoms with Gasteiger partial charge in [-0.05, 0) is 38.0 Å². The van der Waals surface area contributed by atoms with Crippen LogP contribution in [0.5, 0.6) is 5.75 Å². The molecule has 170 valence electrons. The zero-order valence-electron chi connectivity index (χ0n) is 18.4. The summed E-state index contributed by atoms with van der Waals surface area (Å²) in [6, 6.07) is 11.5. The highest BCUT2D eigenvalue weighted by atomic mass is 19.4. The normalized spacial score (nSPS) is 15.0. The van der Waals surface area contributed by atoms with Gasteiger partial charge in [-0.3, -0.25) is 0 Å². The van der Waals surface area contributed by atoms with E-state index in [0.29, 0.717) is 16.8 Å². The van der Waals surface area contributed by atoms with Crippen molar-refractivity contribution in [1.82, 2.24) is 4.90 Å². The lowest BCUT2D eigenvalue weighted by Crippen LogP contribution is -2.46. The van der Waals surface area contributed by atoms with E-state index in [4.69, 9.17) is 9.47 Å². The molecule has 0 bridgehead atoms. The van der Waals surface area contributed by atoms with Gasteiger partial charge < -0.3 is 19.5 Å². The topological polar surface area (TPSA) is 54.3 Å². The van der Waals surface area contributed by atoms with E-state index in [1.165, 1.54) is 19.2 Å². The van der Waals surface area contributed by atoms with E-state index in [-0.39, 0.29) is 5.75 Å². The van der Waals surface area contributed by atoms with Crippen molar-refractivity contribution in [3.05, 3.63) is 59.2 Å². The molecule has 1 N–H and O–H groups in total. The van der Waals surface area contributed by atoms with Gasteiger partial charge in [0.15, 0.2) is 0 Å². The molecule has 0 amide bonds. The number of benzene rings is 2. The van der Waals surface area contributed by atoms with Crippen molar-refractivity contribution in [2.45, 2.75) is 38.7 Å². The number of aryl methyl sites for hydroxylation is 1. The van der Waals surface area contributed by atoms with Crippen LogP contribution >= 0.6 is 0 Å². The monoisotopic (exact) mass is 438 g/mol. The summed E-state index contributed by atoms with van der Waals surface area (Å²) in [5.41, 5.74) is -2.04. The Morgan fingerprint density at radius 1 is 1.19 bits per heavy atom. The molecule has 0 fully saturated rings. The van der Waals surface area contributed by atoms with Crippen LogP contribution in [0.1, 0.15) is 36.6 Å². The fourth-order valence-electron chi connectivity index (χ4n) is 2.93. The van der Waals surface area contributed by atoms with Crippen LogP contribution < -0.4 is 4.74 Å². The second-order valence-electron chi connectivity index (χ2n) is 7.38. The first kappa shape index (κ1) is 24.7. The van der Waals surface area contributed by atoms with Gasteiger partial charge in [0.05, 0.1) is 31.8 Å². The number of methoxy groups -OCH3 is 1. The summed E-state index contributed by atoms with van der Waals surface area (Å²) < 4.78 is 52.9. The van der Waals surface area contributed by atoms with Crippen molar-refractivity contribution >= 4 is 12.0 Å². The smallest absolute Gasteiger partial charge is 0.423 e. The molecule has 0 saturated carbocycles. The summed E-state index contributed by atoms with van der Waals surface area (Å²) in [6.45, 7) is 4.96. The first-order valence-electron chi connectivity index (χ1n) is 9.92. The lowest BCUT2D eigenvalue weighted by Gasteiger charge is -2.33. The van der Waals surface area contributed by atoms with Crippen molar-refractivity contribution in [3.8, 4) is 5.75 Å². The molecule has 2 atom stereocenters. The summed E-state index contributed by atoms with van der Waals surface area (Å²) in [5.74, 6) is -0.118. The molecular weight excluding hydrogens is 409 g/mol. The molecule has 2 aromatic rings. The average molecular weight is 438 g/mol. The molecule has 0 saturated heterocycles. The second-order valence-corrected chi connectivity index (χ2v) is 7.38. The Morgan fingerprint density at radius 3 is 2.39 bits per heavy atom. The van der Waals surface area contributed by atoms with Crippen LogP contribution in [0.2, 0.25) is 0 Å². The fourth-order valence-corrected chi connectivity index (χ4v) is 2.93. The molecular formula is C23H29F3N2O3. The molecule has 8 heteroatoms. The van der Waals surface area contributed by atoms with Gasteiger partial charge in [-0.2, -0.15) is 13.2 Å². The Hall–Kier alpha value is -2.58. The first-order valence-corrected chi connectivity index (χ1v) is 9.92. The van der Waals surface area contributed by atoms with Crippen molar-refractivity contribution in [2.75, 3.05) is 27.3 Å². The predicted octanol–water partition coefficient (Wildman–Crippen LogP) is 5.14. The Balaban J connectivity index is 2.42. The Bertz CT molecular complexity index is 888. The number of nitrogens with zero attached hydrogens (tertiary/aromatic N) is 2. The lowest BCUT2D eigenvalue weighted by molar-refractivity contribution is -0.285. The molecule has 2 aromatic carbocycles. The highest BCUT2D eigenvalue weighted by Crippen LogP contribution is 2.45. The van der Waals surface area contributed by atoms with E-state index in [2.05, 4.69) is 4.99 Å². The van der Waals surface area contributed by atoms with Crippen LogP contribution in [0, 0.1) is 6.92 Å². The van der Waals surface area contributed by atoms with Crippen molar-refractivity contribution in [2.24, 2.45) is 4.99 Å². The van der Waals surface area contributed by atoms with Crippen LogP contribution in [0.15, 0.2) is 47.5 Å². The molecule has 0 radical (unpaired) electrons. The minimum Gasteiger partial charge on any atom is -0.496 e. The van der Waals surface area contributed by atoms with E-state index in [1.807, 2.05) is 18.9 Å². The fraction of sp³-hybridized carbons (Fsp3) is 0.435. The van der Waals surface area contributed by atoms with Crippen molar-refractivity contribution < 1.29 is 27.8 Å². The maximum atomic E-state index is 14.1. The third-order valence-corrected chi connectivity index (χ3v) is 5.14. The number of aliphatic hydroxyl groups is 1. The van der Waals surface area contributed by atoms with Crippen LogP contribution in [-0.4, -0.2) is 49.8 Å². The Morgan fingerprint density at radius 2 is 1.84 bits per heavy atom. The van der Waals surface area contributed by atoms with Gasteiger partial charge in [-0.25, -0.2) is 4.99 Å². The zero-order chi connectivity index (χ0) is 23.2. The molecule has 0 aliphatic carbocycles. The van der Waals surface area contributed by atoms with E-state index in [9.17, 15) is 18.3 Å². The number of hydrogen-bond acceptors (Lipinski definition) is 4. The van der Waals surface area contributed by atoms with Gasteiger partial charge in [0.25, 0.3) is 0 Å². The molecule has 5 nitrogen and oxygen atoms in total. The maximum absolute atomic E-state index is 14.1. The highest BCUT2D eigenvalue weighted by molar-refractivity contribution is 5.65. The van der Waals surface area contributed by atoms with Gasteiger partial charge in [0, 0.05) is 25.2 Å². The van der Waals surface area contributed by atoms with Gasteiger partial charge in [-0.1, -0.05) is 30.3 Å². The quantitative estimate of drug-likeness (QED) is 0.435. The molecule has 0 heterocycles. The number of halogens is 3. The average Bonchev–Trinajstić information content (AvgIpc) is 2.75. The Kier molecular flexibility index (Phi) is 8.08. The summed E-state index contributed by atoms with van der Waals surface area (Å²) in [6.07, 6.45) is -4.05. The number of hydrogen-bond donors (Lipinski definition) is 1. The molecule has 2 unspecified atom stereocenters. The standard InChI is InChI=1S/C23H29F3N2O3/c1-6-28(4)15-27-20-13-21(30-5)19(12-16(20)2)22(29,23(24,25)26)14-31-17(3)18-10-8-7-9-11-18/h7-13,15,17,29H,6,14H2,1-5H3/b27-15+. The summed E-state index contributed by atoms with van der Waals surface area (Å²) >= 11 is 0. The van der Waals surface area contributed by atoms with Crippen molar-refractivity contribution in [1.29, 1.82) is 0 Å². The SMILES string of the molecule is CCN(C)/C=N/c1cc(OC)c(C(O)(COC(C)c2ccccc2)C(F)(F)F)cc1C. The van der Waals surface area contributed by atoms with Gasteiger partial charge in [-0.15, -0.1) is 0 Å². The summed E-state index contributed by atoms with van der Waals surface area (Å²) in [4.78, 5) is 6.14. The number of rotatable bonds is 9. The van der Waals surface area contributed by atoms with Crippen molar-refractivity contribution in [3.63, 3.8) is 0 Å². The van der Waals surface area contributed by atoms with Gasteiger partial charge in [0.1, 0.15) is 5.75 Å².